The van der Waals surface area contributed by atoms with Gasteiger partial charge in [0.25, 0.3) is 0 Å². The Morgan fingerprint density at radius 1 is 0.514 bits per heavy atom. The van der Waals surface area contributed by atoms with E-state index < -0.39 is 71.1 Å². The minimum absolute atomic E-state index is 0. The fraction of sp³-hybridized carbons (Fsp3) is 0.151. The molecule has 0 bridgehead atoms. The molecule has 0 N–H and O–H groups in total. The average Bonchev–Trinajstić information content (AvgIpc) is 3.30. The Morgan fingerprint density at radius 2 is 0.886 bits per heavy atom. The number of hydrogen-bond acceptors (Lipinski definition) is 5. The van der Waals surface area contributed by atoms with Crippen LogP contribution in [-0.4, -0.2) is 26.9 Å². The topological polar surface area (TPSA) is 54.0 Å². The van der Waals surface area contributed by atoms with Crippen LogP contribution in [0.3, 0.4) is 0 Å². The summed E-state index contributed by atoms with van der Waals surface area (Å²) in [5, 5.41) is 4.07. The fourth-order valence-corrected chi connectivity index (χ4v) is 10.5. The maximum Gasteiger partial charge on any atom is 0.416 e. The van der Waals surface area contributed by atoms with Crippen LogP contribution in [0.15, 0.2) is 158 Å². The highest BCUT2D eigenvalue weighted by molar-refractivity contribution is 7.95. The molecular weight excluding hydrogens is 973 g/mol. The summed E-state index contributed by atoms with van der Waals surface area (Å²) >= 11 is 0. The van der Waals surface area contributed by atoms with Crippen molar-refractivity contribution in [2.75, 3.05) is 20.6 Å². The summed E-state index contributed by atoms with van der Waals surface area (Å²) in [7, 11) is 1.37. The maximum absolute atomic E-state index is 14.0. The van der Waals surface area contributed by atoms with Crippen molar-refractivity contribution in [3.8, 4) is 23.0 Å². The van der Waals surface area contributed by atoms with E-state index in [1.807, 2.05) is 0 Å². The zero-order valence-corrected chi connectivity index (χ0v) is 38.8. The summed E-state index contributed by atoms with van der Waals surface area (Å²) in [6.45, 7) is 2.85. The van der Waals surface area contributed by atoms with Crippen LogP contribution in [-0.2, 0) is 21.8 Å². The Balaban J connectivity index is 0.000000274. The third kappa shape index (κ3) is 15.2. The van der Waals surface area contributed by atoms with Crippen molar-refractivity contribution < 1.29 is 67.6 Å². The van der Waals surface area contributed by atoms with Crippen molar-refractivity contribution in [2.45, 2.75) is 33.6 Å². The van der Waals surface area contributed by atoms with Gasteiger partial charge in [0.1, 0.15) is 46.3 Å². The fourth-order valence-electron chi connectivity index (χ4n) is 6.71. The number of ether oxygens (including phenoxy) is 4. The molecule has 7 rings (SSSR count). The Bertz CT molecular complexity index is 2710. The van der Waals surface area contributed by atoms with Crippen LogP contribution in [0, 0.1) is 37.1 Å². The molecule has 0 amide bonds. The van der Waals surface area contributed by atoms with E-state index in [4.69, 9.17) is 14.2 Å². The zero-order chi connectivity index (χ0) is 49.6. The van der Waals surface area contributed by atoms with E-state index in [2.05, 4.69) is 95.7 Å². The van der Waals surface area contributed by atoms with Gasteiger partial charge < -0.3 is 18.9 Å². The van der Waals surface area contributed by atoms with Gasteiger partial charge in [0.2, 0.25) is 0 Å². The van der Waals surface area contributed by atoms with E-state index in [1.54, 1.807) is 7.11 Å². The van der Waals surface area contributed by atoms with Gasteiger partial charge in [0.15, 0.2) is 35.8 Å². The number of alkyl halides is 6. The standard InChI is InChI=1S/C20H20OP.C17H13F5O2.C15H9F5O2.CH4.ClH/c1-21-17-22(18-11-5-2-6-12-18,19-13-7-3-8-14-19)20-15-9-4-10-16-20;1-10-5-12(17(20,21)22)8-13(6-10)24-16-9-14(18)11(3-4-23-2)7-15(16)19;1-8-2-10(15(18,19)20)5-11(3-8)22-14-6-12(16)9(7-21)4-13(14)17;;/h2-16H,17H2,1H3;3-9H,1-2H3;2-7H,1H3;1H4;1H/q+1;;;;/b;4-3+;;;. The maximum atomic E-state index is 14.0. The lowest BCUT2D eigenvalue weighted by Gasteiger charge is -2.26. The number of aryl methyl sites for hydroxylation is 2. The minimum Gasteiger partial charge on any atom is -0.504 e. The summed E-state index contributed by atoms with van der Waals surface area (Å²) in [6.07, 6.45) is -5.95. The SMILES string of the molecule is C.CO/C=C/c1cc(F)c(Oc2cc(C)cc(C(F)(F)F)c2)cc1F.COC[P+](c1ccccc1)(c1ccccc1)c1ccccc1.Cc1cc(Oc2cc(F)c(C=O)cc2F)cc(C(F)(F)F)c1.Cl. The first kappa shape index (κ1) is 57.6. The average molecular weight is 1020 g/mol. The van der Waals surface area contributed by atoms with Gasteiger partial charge in [0, 0.05) is 24.8 Å². The highest BCUT2D eigenvalue weighted by Crippen LogP contribution is 2.55. The Kier molecular flexibility index (Phi) is 21.2. The first-order valence-electron chi connectivity index (χ1n) is 20.2. The molecule has 17 heteroatoms. The van der Waals surface area contributed by atoms with Gasteiger partial charge in [-0.2, -0.15) is 26.3 Å². The molecule has 7 aromatic rings. The van der Waals surface area contributed by atoms with Crippen LogP contribution in [0.5, 0.6) is 23.0 Å². The van der Waals surface area contributed by atoms with Crippen molar-refractivity contribution in [2.24, 2.45) is 0 Å². The van der Waals surface area contributed by atoms with E-state index in [0.717, 1.165) is 36.6 Å². The van der Waals surface area contributed by atoms with Crippen molar-refractivity contribution >= 4 is 47.9 Å². The summed E-state index contributed by atoms with van der Waals surface area (Å²) in [5.41, 5.74) is -1.96. The first-order chi connectivity index (χ1) is 32.3. The van der Waals surface area contributed by atoms with Crippen molar-refractivity contribution in [1.82, 2.24) is 0 Å². The third-order valence-corrected chi connectivity index (χ3v) is 13.9. The van der Waals surface area contributed by atoms with Gasteiger partial charge in [-0.05, 0) is 116 Å². The van der Waals surface area contributed by atoms with Gasteiger partial charge in [-0.25, -0.2) is 17.6 Å². The van der Waals surface area contributed by atoms with Crippen molar-refractivity contribution in [3.63, 3.8) is 0 Å². The monoisotopic (exact) mass is 1020 g/mol. The largest absolute Gasteiger partial charge is 0.504 e. The molecule has 0 spiro atoms. The van der Waals surface area contributed by atoms with Gasteiger partial charge in [-0.15, -0.1) is 12.4 Å². The van der Waals surface area contributed by atoms with E-state index in [9.17, 15) is 48.7 Å². The number of carbonyl (C=O) groups excluding carboxylic acids is 1. The van der Waals surface area contributed by atoms with Gasteiger partial charge >= 0.3 is 12.4 Å². The number of hydrogen-bond donors (Lipinski definition) is 0. The Labute approximate surface area is 406 Å². The number of aldehydes is 1. The molecule has 0 fully saturated rings. The summed E-state index contributed by atoms with van der Waals surface area (Å²) in [4.78, 5) is 10.5. The molecule has 0 aromatic heterocycles. The number of methoxy groups -OCH3 is 2. The van der Waals surface area contributed by atoms with Crippen molar-refractivity contribution in [3.05, 3.63) is 215 Å². The highest BCUT2D eigenvalue weighted by atomic mass is 35.5. The molecule has 0 aliphatic heterocycles. The molecular formula is C53H47ClF10O5P+. The molecule has 0 radical (unpaired) electrons. The zero-order valence-electron chi connectivity index (χ0n) is 37.0. The number of halogens is 11. The van der Waals surface area contributed by atoms with Crippen LogP contribution >= 0.6 is 19.7 Å². The highest BCUT2D eigenvalue weighted by Gasteiger charge is 2.45. The molecule has 0 aliphatic rings. The number of rotatable bonds is 12. The summed E-state index contributed by atoms with van der Waals surface area (Å²) in [5.74, 6) is -5.45. The summed E-state index contributed by atoms with van der Waals surface area (Å²) < 4.78 is 152. The van der Waals surface area contributed by atoms with Crippen LogP contribution in [0.4, 0.5) is 43.9 Å². The molecule has 5 nitrogen and oxygen atoms in total. The van der Waals surface area contributed by atoms with Gasteiger partial charge in [-0.1, -0.05) is 62.0 Å². The van der Waals surface area contributed by atoms with Gasteiger partial charge in [0.05, 0.1) is 30.1 Å². The van der Waals surface area contributed by atoms with E-state index >= 15 is 0 Å². The third-order valence-electron chi connectivity index (χ3n) is 9.74. The molecule has 0 saturated heterocycles. The molecule has 370 valence electrons. The molecule has 0 heterocycles. The Morgan fingerprint density at radius 3 is 1.23 bits per heavy atom. The van der Waals surface area contributed by atoms with E-state index in [1.165, 1.54) is 55.1 Å². The molecule has 0 unspecified atom stereocenters. The number of benzene rings is 7. The lowest BCUT2D eigenvalue weighted by atomic mass is 10.1. The predicted molar refractivity (Wildman–Crippen MR) is 258 cm³/mol. The smallest absolute Gasteiger partial charge is 0.416 e. The minimum atomic E-state index is -4.59. The van der Waals surface area contributed by atoms with E-state index in [0.29, 0.717) is 24.5 Å². The normalized spacial score (nSPS) is 11.2. The van der Waals surface area contributed by atoms with Gasteiger partial charge in [-0.3, -0.25) is 4.79 Å². The quantitative estimate of drug-likeness (QED) is 0.0528. The van der Waals surface area contributed by atoms with E-state index in [-0.39, 0.29) is 54.3 Å². The van der Waals surface area contributed by atoms with Crippen LogP contribution in [0.25, 0.3) is 6.08 Å². The lowest BCUT2D eigenvalue weighted by Crippen LogP contribution is -2.33. The second-order valence-corrected chi connectivity index (χ2v) is 18.2. The molecule has 0 aliphatic carbocycles. The Hall–Kier alpha value is -6.67. The summed E-state index contributed by atoms with van der Waals surface area (Å²) in [6, 6.07) is 40.9. The second-order valence-electron chi connectivity index (χ2n) is 14.8. The van der Waals surface area contributed by atoms with Crippen LogP contribution < -0.4 is 25.4 Å². The first-order valence-corrected chi connectivity index (χ1v) is 22.2. The molecule has 0 atom stereocenters. The lowest BCUT2D eigenvalue weighted by molar-refractivity contribution is -0.138. The molecule has 7 aromatic carbocycles. The van der Waals surface area contributed by atoms with Crippen molar-refractivity contribution in [1.29, 1.82) is 0 Å². The molecule has 0 saturated carbocycles. The number of carbonyl (C=O) groups is 1. The van der Waals surface area contributed by atoms with Crippen LogP contribution in [0.1, 0.15) is 45.6 Å². The molecule has 70 heavy (non-hydrogen) atoms. The van der Waals surface area contributed by atoms with Crippen LogP contribution in [0.2, 0.25) is 0 Å². The second kappa shape index (κ2) is 25.8. The predicted octanol–water partition coefficient (Wildman–Crippen LogP) is 15.2.